The van der Waals surface area contributed by atoms with Gasteiger partial charge in [-0.15, -0.1) is 11.3 Å². The second-order valence-electron chi connectivity index (χ2n) is 5.97. The molecule has 1 unspecified atom stereocenters. The van der Waals surface area contributed by atoms with Crippen molar-refractivity contribution < 1.29 is 5.11 Å². The van der Waals surface area contributed by atoms with E-state index in [1.54, 1.807) is 11.3 Å². The summed E-state index contributed by atoms with van der Waals surface area (Å²) < 4.78 is 0. The van der Waals surface area contributed by atoms with Gasteiger partial charge in [-0.3, -0.25) is 0 Å². The number of rotatable bonds is 3. The lowest BCUT2D eigenvalue weighted by Gasteiger charge is -2.20. The summed E-state index contributed by atoms with van der Waals surface area (Å²) in [6, 6.07) is 8.24. The smallest absolute Gasteiger partial charge is 0.0957 e. The van der Waals surface area contributed by atoms with E-state index in [0.29, 0.717) is 6.42 Å². The summed E-state index contributed by atoms with van der Waals surface area (Å²) in [5, 5.41) is 13.3. The van der Waals surface area contributed by atoms with Gasteiger partial charge in [0.05, 0.1) is 11.1 Å². The van der Waals surface area contributed by atoms with E-state index in [4.69, 9.17) is 0 Å². The highest BCUT2D eigenvalue weighted by molar-refractivity contribution is 7.09. The Morgan fingerprint density at radius 1 is 1.21 bits per heavy atom. The van der Waals surface area contributed by atoms with Gasteiger partial charge in [0.1, 0.15) is 0 Å². The van der Waals surface area contributed by atoms with Crippen molar-refractivity contribution in [2.24, 2.45) is 0 Å². The van der Waals surface area contributed by atoms with E-state index >= 15 is 0 Å². The lowest BCUT2D eigenvalue weighted by molar-refractivity contribution is 0.178. The Bertz CT molecular complexity index is 537. The molecule has 19 heavy (non-hydrogen) atoms. The first-order valence-corrected chi connectivity index (χ1v) is 7.44. The van der Waals surface area contributed by atoms with Crippen molar-refractivity contribution >= 4 is 11.3 Å². The van der Waals surface area contributed by atoms with Crippen LogP contribution < -0.4 is 0 Å². The van der Waals surface area contributed by atoms with Crippen LogP contribution in [0.3, 0.4) is 0 Å². The van der Waals surface area contributed by atoms with Gasteiger partial charge in [0.15, 0.2) is 0 Å². The number of nitrogens with zero attached hydrogens (tertiary/aromatic N) is 1. The Labute approximate surface area is 119 Å². The van der Waals surface area contributed by atoms with Crippen molar-refractivity contribution in [3.05, 3.63) is 51.5 Å². The monoisotopic (exact) mass is 275 g/mol. The average molecular weight is 275 g/mol. The van der Waals surface area contributed by atoms with Gasteiger partial charge in [-0.2, -0.15) is 0 Å². The summed E-state index contributed by atoms with van der Waals surface area (Å²) in [7, 11) is 0. The molecular weight excluding hydrogens is 254 g/mol. The third kappa shape index (κ3) is 3.64. The Morgan fingerprint density at radius 3 is 2.32 bits per heavy atom. The molecule has 1 atom stereocenters. The molecule has 1 aromatic carbocycles. The van der Waals surface area contributed by atoms with Gasteiger partial charge >= 0.3 is 0 Å². The normalized spacial score (nSPS) is 13.5. The lowest BCUT2D eigenvalue weighted by Crippen LogP contribution is -2.11. The Balaban J connectivity index is 2.09. The van der Waals surface area contributed by atoms with Crippen LogP contribution in [-0.2, 0) is 11.8 Å². The van der Waals surface area contributed by atoms with Crippen molar-refractivity contribution in [1.29, 1.82) is 0 Å². The van der Waals surface area contributed by atoms with Crippen LogP contribution in [0.1, 0.15) is 48.7 Å². The maximum Gasteiger partial charge on any atom is 0.0957 e. The van der Waals surface area contributed by atoms with Crippen LogP contribution >= 0.6 is 11.3 Å². The first-order valence-electron chi connectivity index (χ1n) is 6.56. The Morgan fingerprint density at radius 2 is 1.84 bits per heavy atom. The summed E-state index contributed by atoms with van der Waals surface area (Å²) >= 11 is 1.61. The fourth-order valence-electron chi connectivity index (χ4n) is 1.98. The second-order valence-corrected chi connectivity index (χ2v) is 6.92. The number of benzene rings is 1. The van der Waals surface area contributed by atoms with E-state index in [-0.39, 0.29) is 5.41 Å². The quantitative estimate of drug-likeness (QED) is 0.917. The third-order valence-electron chi connectivity index (χ3n) is 3.20. The summed E-state index contributed by atoms with van der Waals surface area (Å²) in [6.45, 7) is 8.55. The molecule has 1 N–H and O–H groups in total. The van der Waals surface area contributed by atoms with Gasteiger partial charge in [0, 0.05) is 17.5 Å². The standard InChI is InChI=1S/C16H21NOS/c1-11-10-19-15(17-11)9-14(18)12-5-7-13(8-6-12)16(2,3)4/h5-8,10,14,18H,9H2,1-4H3. The van der Waals surface area contributed by atoms with Crippen LogP contribution in [0.15, 0.2) is 29.6 Å². The van der Waals surface area contributed by atoms with Crippen LogP contribution in [0.2, 0.25) is 0 Å². The topological polar surface area (TPSA) is 33.1 Å². The van der Waals surface area contributed by atoms with Gasteiger partial charge in [-0.1, -0.05) is 45.0 Å². The number of aliphatic hydroxyl groups is 1. The largest absolute Gasteiger partial charge is 0.388 e. The first-order chi connectivity index (χ1) is 8.86. The third-order valence-corrected chi connectivity index (χ3v) is 4.19. The zero-order chi connectivity index (χ0) is 14.0. The van der Waals surface area contributed by atoms with Gasteiger partial charge in [0.25, 0.3) is 0 Å². The van der Waals surface area contributed by atoms with Gasteiger partial charge in [0.2, 0.25) is 0 Å². The summed E-state index contributed by atoms with van der Waals surface area (Å²) in [6.07, 6.45) is 0.118. The van der Waals surface area contributed by atoms with Crippen molar-refractivity contribution in [2.45, 2.75) is 45.6 Å². The molecule has 2 nitrogen and oxygen atoms in total. The molecule has 0 saturated heterocycles. The van der Waals surface area contributed by atoms with E-state index < -0.39 is 6.10 Å². The van der Waals surface area contributed by atoms with Crippen LogP contribution in [0.25, 0.3) is 0 Å². The molecule has 0 aliphatic rings. The van der Waals surface area contributed by atoms with E-state index in [1.807, 2.05) is 24.4 Å². The van der Waals surface area contributed by atoms with Gasteiger partial charge < -0.3 is 5.11 Å². The van der Waals surface area contributed by atoms with Crippen LogP contribution in [0, 0.1) is 6.92 Å². The molecule has 3 heteroatoms. The number of hydrogen-bond acceptors (Lipinski definition) is 3. The molecular formula is C16H21NOS. The number of thiazole rings is 1. The number of aliphatic hydroxyl groups excluding tert-OH is 1. The fraction of sp³-hybridized carbons (Fsp3) is 0.438. The Kier molecular flexibility index (Phi) is 4.07. The molecule has 1 heterocycles. The van der Waals surface area contributed by atoms with Crippen molar-refractivity contribution in [3.63, 3.8) is 0 Å². The van der Waals surface area contributed by atoms with Crippen LogP contribution in [0.4, 0.5) is 0 Å². The second kappa shape index (κ2) is 5.43. The number of aromatic nitrogens is 1. The molecule has 2 rings (SSSR count). The SMILES string of the molecule is Cc1csc(CC(O)c2ccc(C(C)(C)C)cc2)n1. The molecule has 0 radical (unpaired) electrons. The van der Waals surface area contributed by atoms with Crippen molar-refractivity contribution in [3.8, 4) is 0 Å². The van der Waals surface area contributed by atoms with E-state index in [1.165, 1.54) is 5.56 Å². The summed E-state index contributed by atoms with van der Waals surface area (Å²) in [5.74, 6) is 0. The Hall–Kier alpha value is -1.19. The molecule has 102 valence electrons. The summed E-state index contributed by atoms with van der Waals surface area (Å²) in [5.41, 5.74) is 3.42. The highest BCUT2D eigenvalue weighted by Gasteiger charge is 2.15. The molecule has 0 aliphatic carbocycles. The van der Waals surface area contributed by atoms with E-state index in [9.17, 15) is 5.11 Å². The molecule has 2 aromatic rings. The van der Waals surface area contributed by atoms with Crippen LogP contribution in [0.5, 0.6) is 0 Å². The van der Waals surface area contributed by atoms with Gasteiger partial charge in [-0.25, -0.2) is 4.98 Å². The molecule has 0 amide bonds. The highest BCUT2D eigenvalue weighted by atomic mass is 32.1. The van der Waals surface area contributed by atoms with Crippen LogP contribution in [-0.4, -0.2) is 10.1 Å². The minimum absolute atomic E-state index is 0.149. The zero-order valence-corrected chi connectivity index (χ0v) is 12.8. The summed E-state index contributed by atoms with van der Waals surface area (Å²) in [4.78, 5) is 4.39. The van der Waals surface area contributed by atoms with Crippen molar-refractivity contribution in [2.75, 3.05) is 0 Å². The maximum absolute atomic E-state index is 10.2. The van der Waals surface area contributed by atoms with Gasteiger partial charge in [-0.05, 0) is 23.5 Å². The molecule has 1 aromatic heterocycles. The lowest BCUT2D eigenvalue weighted by atomic mass is 9.86. The number of hydrogen-bond donors (Lipinski definition) is 1. The molecule has 0 fully saturated rings. The first kappa shape index (κ1) is 14.2. The minimum Gasteiger partial charge on any atom is -0.388 e. The van der Waals surface area contributed by atoms with E-state index in [0.717, 1.165) is 16.3 Å². The number of aryl methyl sites for hydroxylation is 1. The molecule has 0 bridgehead atoms. The maximum atomic E-state index is 10.2. The van der Waals surface area contributed by atoms with Crippen molar-refractivity contribution in [1.82, 2.24) is 4.98 Å². The van der Waals surface area contributed by atoms with E-state index in [2.05, 4.69) is 37.9 Å². The fourth-order valence-corrected chi connectivity index (χ4v) is 2.80. The molecule has 0 spiro atoms. The molecule has 0 aliphatic heterocycles. The zero-order valence-electron chi connectivity index (χ0n) is 12.0. The molecule has 0 saturated carbocycles. The predicted molar refractivity (Wildman–Crippen MR) is 80.7 cm³/mol. The average Bonchev–Trinajstić information content (AvgIpc) is 2.74. The predicted octanol–water partition coefficient (Wildman–Crippen LogP) is 4.03. The highest BCUT2D eigenvalue weighted by Crippen LogP contribution is 2.25. The minimum atomic E-state index is -0.473.